The van der Waals surface area contributed by atoms with Crippen molar-refractivity contribution in [2.75, 3.05) is 28.3 Å². The summed E-state index contributed by atoms with van der Waals surface area (Å²) in [5.74, 6) is 2.25. The summed E-state index contributed by atoms with van der Waals surface area (Å²) in [4.78, 5) is 1.31. The van der Waals surface area contributed by atoms with Gasteiger partial charge < -0.3 is 15.5 Å². The Morgan fingerprint density at radius 2 is 0.955 bits per heavy atom. The number of hydrogen-bond donors (Lipinski definition) is 3. The Bertz CT molecular complexity index is 252. The van der Waals surface area contributed by atoms with E-state index < -0.39 is 0 Å². The monoisotopic (exact) mass is 326 g/mol. The van der Waals surface area contributed by atoms with Crippen LogP contribution in [0.4, 0.5) is 0 Å². The molecule has 144 valence electrons. The summed E-state index contributed by atoms with van der Waals surface area (Å²) in [6, 6.07) is 6.60. The molecular formula is C18H50N2O2. The predicted molar refractivity (Wildman–Crippen MR) is 116 cm³/mol. The summed E-state index contributed by atoms with van der Waals surface area (Å²) in [5, 5.41) is 16.5. The molecule has 0 aromatic rings. The number of aliphatic hydroxyl groups excluding tert-OH is 2. The molecule has 4 nitrogen and oxygen atoms in total. The first-order chi connectivity index (χ1) is 8.14. The van der Waals surface area contributed by atoms with Crippen molar-refractivity contribution in [1.82, 2.24) is 10.2 Å². The van der Waals surface area contributed by atoms with Crippen LogP contribution in [0.1, 0.15) is 49.8 Å². The molecule has 0 aromatic heterocycles. The summed E-state index contributed by atoms with van der Waals surface area (Å²) in [6.45, 7) is 1.65. The van der Waals surface area contributed by atoms with Gasteiger partial charge in [-0.1, -0.05) is 56.4 Å². The van der Waals surface area contributed by atoms with Gasteiger partial charge in [-0.25, -0.2) is 0 Å². The van der Waals surface area contributed by atoms with Crippen LogP contribution >= 0.6 is 0 Å². The number of aliphatic hydroxyl groups is 2. The second-order valence-corrected chi connectivity index (χ2v) is 1.50. The van der Waals surface area contributed by atoms with Gasteiger partial charge in [0.05, 0.1) is 0 Å². The smallest absolute Gasteiger partial charge is 0.0319 e. The highest BCUT2D eigenvalue weighted by Gasteiger charge is 1.69. The summed E-state index contributed by atoms with van der Waals surface area (Å²) in [7, 11) is 5.33. The molecule has 0 bridgehead atoms. The van der Waals surface area contributed by atoms with E-state index in [4.69, 9.17) is 23.1 Å². The molecule has 0 spiro atoms. The Morgan fingerprint density at radius 1 is 0.818 bits per heavy atom. The fourth-order valence-corrected chi connectivity index (χ4v) is 0.0373. The van der Waals surface area contributed by atoms with Crippen LogP contribution in [-0.4, -0.2) is 43.4 Å². The summed E-state index contributed by atoms with van der Waals surface area (Å²) in [5.41, 5.74) is 0. The van der Waals surface area contributed by atoms with Crippen molar-refractivity contribution in [1.29, 1.82) is 0 Å². The standard InChI is InChI=1S/C5H5N.C3H5N.C3H4.2CH4O.5CH4.4H2/c1-4-6(3)5-2;1-3-4-2;1-3-2;2*1-2;;;;;;;;;/h1-2H,3H3;1,4H,2H3;1H,2H3;2*2H,1H3;5*1H4;4*1H. The first-order valence-electron chi connectivity index (χ1n) is 4.19. The maximum Gasteiger partial charge on any atom is 0.0319 e. The van der Waals surface area contributed by atoms with Crippen LogP contribution in [0.3, 0.4) is 0 Å². The average molecular weight is 327 g/mol. The van der Waals surface area contributed by atoms with Crippen molar-refractivity contribution in [3.05, 3.63) is 0 Å². The first-order valence-corrected chi connectivity index (χ1v) is 4.19. The van der Waals surface area contributed by atoms with Crippen LogP contribution in [0, 0.1) is 49.7 Å². The van der Waals surface area contributed by atoms with Crippen LogP contribution in [0.15, 0.2) is 0 Å². The van der Waals surface area contributed by atoms with Crippen molar-refractivity contribution in [2.45, 2.75) is 44.1 Å². The van der Waals surface area contributed by atoms with Gasteiger partial charge in [0.1, 0.15) is 0 Å². The fraction of sp³-hybridized carbons (Fsp3) is 0.556. The fourth-order valence-electron chi connectivity index (χ4n) is 0.0373. The van der Waals surface area contributed by atoms with E-state index in [9.17, 15) is 0 Å². The lowest BCUT2D eigenvalue weighted by molar-refractivity contribution is 0.399. The van der Waals surface area contributed by atoms with Gasteiger partial charge in [0, 0.05) is 52.2 Å². The lowest BCUT2D eigenvalue weighted by Crippen LogP contribution is -1.98. The second kappa shape index (κ2) is 178. The second-order valence-electron chi connectivity index (χ2n) is 1.50. The first kappa shape index (κ1) is 73.0. The highest BCUT2D eigenvalue weighted by molar-refractivity contribution is 4.96. The van der Waals surface area contributed by atoms with Gasteiger partial charge >= 0.3 is 0 Å². The van der Waals surface area contributed by atoms with E-state index in [1.807, 2.05) is 0 Å². The molecular weight excluding hydrogens is 276 g/mol. The van der Waals surface area contributed by atoms with Gasteiger partial charge in [0.2, 0.25) is 0 Å². The van der Waals surface area contributed by atoms with Gasteiger partial charge in [-0.3, -0.25) is 4.90 Å². The molecule has 0 amide bonds. The Morgan fingerprint density at radius 3 is 0.955 bits per heavy atom. The molecule has 0 atom stereocenters. The summed E-state index contributed by atoms with van der Waals surface area (Å²) >= 11 is 0. The molecule has 0 rings (SSSR count). The molecule has 0 radical (unpaired) electrons. The third-order valence-electron chi connectivity index (χ3n) is 0.532. The number of rotatable bonds is 0. The average Bonchev–Trinajstić information content (AvgIpc) is 2.43. The molecule has 0 fully saturated rings. The van der Waals surface area contributed by atoms with Crippen LogP contribution in [-0.2, 0) is 0 Å². The lowest BCUT2D eigenvalue weighted by atomic mass is 10.9. The molecule has 0 saturated carbocycles. The minimum Gasteiger partial charge on any atom is -0.400 e. The highest BCUT2D eigenvalue weighted by atomic mass is 16.2. The number of terminal acetylenes is 4. The Labute approximate surface area is 149 Å². The minimum absolute atomic E-state index is 0. The molecule has 0 aromatic carbocycles. The van der Waals surface area contributed by atoms with Crippen LogP contribution in [0.25, 0.3) is 0 Å². The molecule has 3 N–H and O–H groups in total. The predicted octanol–water partition coefficient (Wildman–Crippen LogP) is 3.92. The van der Waals surface area contributed by atoms with E-state index in [2.05, 4.69) is 42.2 Å². The van der Waals surface area contributed by atoms with Gasteiger partial charge in [-0.05, 0) is 6.92 Å². The molecule has 0 saturated heterocycles. The SMILES string of the molecule is C.C.C.C.C.C#CC.C#CN(C)C#C.C#CNC.CO.CO.[HH].[HH].[HH].[HH]. The summed E-state index contributed by atoms with van der Waals surface area (Å²) in [6.07, 6.45) is 18.9. The van der Waals surface area contributed by atoms with Crippen molar-refractivity contribution in [3.63, 3.8) is 0 Å². The molecule has 0 heterocycles. The number of nitrogens with zero attached hydrogens (tertiary/aromatic N) is 1. The molecule has 4 heteroatoms. The minimum atomic E-state index is 0. The van der Waals surface area contributed by atoms with Gasteiger partial charge in [0.25, 0.3) is 0 Å². The van der Waals surface area contributed by atoms with Crippen LogP contribution < -0.4 is 5.32 Å². The van der Waals surface area contributed by atoms with Crippen molar-refractivity contribution < 1.29 is 15.9 Å². The molecule has 0 aliphatic heterocycles. The normalized spacial score (nSPS) is 3.05. The number of nitrogens with one attached hydrogen (secondary N) is 1. The Balaban J connectivity index is -0.00000000557. The third kappa shape index (κ3) is 655. The zero-order valence-electron chi connectivity index (χ0n) is 11.2. The van der Waals surface area contributed by atoms with E-state index in [0.717, 1.165) is 14.2 Å². The quantitative estimate of drug-likeness (QED) is 0.466. The van der Waals surface area contributed by atoms with E-state index >= 15 is 0 Å². The van der Waals surface area contributed by atoms with Crippen LogP contribution in [0.5, 0.6) is 0 Å². The Hall–Kier alpha value is -2.24. The van der Waals surface area contributed by atoms with Crippen LogP contribution in [0.2, 0.25) is 0 Å². The van der Waals surface area contributed by atoms with Gasteiger partial charge in [-0.15, -0.1) is 12.3 Å². The lowest BCUT2D eigenvalue weighted by Gasteiger charge is -1.92. The van der Waals surface area contributed by atoms with E-state index in [1.165, 1.54) is 4.90 Å². The third-order valence-corrected chi connectivity index (χ3v) is 0.532. The molecule has 0 aliphatic carbocycles. The Kier molecular flexibility index (Phi) is 592. The van der Waals surface area contributed by atoms with Crippen molar-refractivity contribution in [2.24, 2.45) is 0 Å². The number of hydrogen-bond acceptors (Lipinski definition) is 4. The van der Waals surface area contributed by atoms with Crippen molar-refractivity contribution >= 4 is 0 Å². The van der Waals surface area contributed by atoms with E-state index in [0.29, 0.717) is 0 Å². The highest BCUT2D eigenvalue weighted by Crippen LogP contribution is 1.63. The zero-order valence-corrected chi connectivity index (χ0v) is 11.2. The molecule has 22 heavy (non-hydrogen) atoms. The maximum atomic E-state index is 7.00. The van der Waals surface area contributed by atoms with Crippen molar-refractivity contribution in [3.8, 4) is 49.7 Å². The maximum absolute atomic E-state index is 7.00. The van der Waals surface area contributed by atoms with E-state index in [1.54, 1.807) is 21.0 Å². The topological polar surface area (TPSA) is 55.7 Å². The van der Waals surface area contributed by atoms with E-state index in [-0.39, 0.29) is 42.8 Å². The zero-order chi connectivity index (χ0) is 15.1. The van der Waals surface area contributed by atoms with Gasteiger partial charge in [-0.2, -0.15) is 0 Å². The molecule has 0 aliphatic rings. The molecule has 0 unspecified atom stereocenters. The summed E-state index contributed by atoms with van der Waals surface area (Å²) < 4.78 is 0. The largest absolute Gasteiger partial charge is 0.400 e. The van der Waals surface area contributed by atoms with Gasteiger partial charge in [0.15, 0.2) is 0 Å².